The number of hydrogen-bond donors (Lipinski definition) is 1. The van der Waals surface area contributed by atoms with Crippen LogP contribution in [0.4, 0.5) is 0 Å². The molecule has 0 saturated carbocycles. The van der Waals surface area contributed by atoms with Crippen LogP contribution in [0.1, 0.15) is 34.1 Å². The maximum Gasteiger partial charge on any atom is 0.307 e. The summed E-state index contributed by atoms with van der Waals surface area (Å²) in [6.07, 6.45) is 0.271. The molecule has 0 amide bonds. The van der Waals surface area contributed by atoms with Crippen LogP contribution in [0, 0.1) is 5.92 Å². The second-order valence-corrected chi connectivity index (χ2v) is 3.65. The number of carbonyl (C=O) groups excluding carboxylic acids is 1. The molecular weight excluding hydrogens is 154 g/mol. The van der Waals surface area contributed by atoms with Gasteiger partial charge < -0.3 is 10.5 Å². The fraction of sp³-hybridized carbons (Fsp3) is 0.889. The molecular formula is C9H19NO2. The molecule has 0 aromatic carbocycles. The third kappa shape index (κ3) is 5.13. The summed E-state index contributed by atoms with van der Waals surface area (Å²) in [6.45, 7) is 7.65. The van der Waals surface area contributed by atoms with E-state index in [1.54, 1.807) is 0 Å². The molecule has 2 N–H and O–H groups in total. The predicted octanol–water partition coefficient (Wildman–Crippen LogP) is 1.31. The molecule has 0 rings (SSSR count). The Bertz CT molecular complexity index is 143. The van der Waals surface area contributed by atoms with Gasteiger partial charge in [-0.15, -0.1) is 0 Å². The van der Waals surface area contributed by atoms with Crippen LogP contribution in [0.2, 0.25) is 0 Å². The lowest BCUT2D eigenvalue weighted by atomic mass is 10.0. The molecule has 0 aliphatic carbocycles. The van der Waals surface area contributed by atoms with Crippen LogP contribution in [0.5, 0.6) is 0 Å². The molecule has 0 aliphatic heterocycles. The summed E-state index contributed by atoms with van der Waals surface area (Å²) in [4.78, 5) is 11.1. The Morgan fingerprint density at radius 1 is 1.33 bits per heavy atom. The number of esters is 1. The lowest BCUT2D eigenvalue weighted by molar-refractivity contribution is -0.148. The molecule has 0 heterocycles. The summed E-state index contributed by atoms with van der Waals surface area (Å²) in [6, 6.07) is -0.0868. The normalized spacial score (nSPS) is 13.6. The highest BCUT2D eigenvalue weighted by atomic mass is 16.5. The van der Waals surface area contributed by atoms with Crippen molar-refractivity contribution in [2.24, 2.45) is 11.7 Å². The molecule has 0 bridgehead atoms. The van der Waals surface area contributed by atoms with Gasteiger partial charge in [0, 0.05) is 6.04 Å². The van der Waals surface area contributed by atoms with Crippen LogP contribution in [0.25, 0.3) is 0 Å². The summed E-state index contributed by atoms with van der Waals surface area (Å²) >= 11 is 0. The first kappa shape index (κ1) is 11.4. The average Bonchev–Trinajstić information content (AvgIpc) is 1.84. The van der Waals surface area contributed by atoms with Crippen LogP contribution in [-0.2, 0) is 9.53 Å². The minimum atomic E-state index is -0.203. The Morgan fingerprint density at radius 2 is 1.83 bits per heavy atom. The average molecular weight is 173 g/mol. The van der Waals surface area contributed by atoms with Crippen molar-refractivity contribution in [1.29, 1.82) is 0 Å². The first-order valence-electron chi connectivity index (χ1n) is 4.38. The molecule has 3 heteroatoms. The second-order valence-electron chi connectivity index (χ2n) is 3.65. The van der Waals surface area contributed by atoms with Crippen LogP contribution in [-0.4, -0.2) is 18.1 Å². The fourth-order valence-electron chi connectivity index (χ4n) is 0.739. The highest BCUT2D eigenvalue weighted by molar-refractivity contribution is 5.70. The van der Waals surface area contributed by atoms with Gasteiger partial charge in [0.15, 0.2) is 0 Å². The second kappa shape index (κ2) is 5.14. The Hall–Kier alpha value is -0.570. The SMILES string of the molecule is CC(C)OC(=O)C[C@H](N)C(C)C. The fourth-order valence-corrected chi connectivity index (χ4v) is 0.739. The van der Waals surface area contributed by atoms with E-state index in [4.69, 9.17) is 10.5 Å². The van der Waals surface area contributed by atoms with E-state index in [1.165, 1.54) is 0 Å². The Labute approximate surface area is 74.3 Å². The monoisotopic (exact) mass is 173 g/mol. The van der Waals surface area contributed by atoms with Crippen molar-refractivity contribution in [2.45, 2.75) is 46.3 Å². The zero-order chi connectivity index (χ0) is 9.72. The molecule has 1 atom stereocenters. The van der Waals surface area contributed by atoms with E-state index in [-0.39, 0.29) is 18.1 Å². The first-order valence-corrected chi connectivity index (χ1v) is 4.38. The Kier molecular flexibility index (Phi) is 4.90. The Morgan fingerprint density at radius 3 is 2.17 bits per heavy atom. The highest BCUT2D eigenvalue weighted by Gasteiger charge is 2.14. The highest BCUT2D eigenvalue weighted by Crippen LogP contribution is 2.04. The zero-order valence-electron chi connectivity index (χ0n) is 8.33. The van der Waals surface area contributed by atoms with Crippen molar-refractivity contribution in [2.75, 3.05) is 0 Å². The smallest absolute Gasteiger partial charge is 0.307 e. The predicted molar refractivity (Wildman–Crippen MR) is 48.7 cm³/mol. The van der Waals surface area contributed by atoms with Gasteiger partial charge in [0.05, 0.1) is 12.5 Å². The van der Waals surface area contributed by atoms with Gasteiger partial charge in [-0.05, 0) is 19.8 Å². The minimum absolute atomic E-state index is 0.0446. The molecule has 0 aromatic rings. The number of hydrogen-bond acceptors (Lipinski definition) is 3. The largest absolute Gasteiger partial charge is 0.463 e. The molecule has 72 valence electrons. The van der Waals surface area contributed by atoms with E-state index in [0.717, 1.165) is 0 Å². The van der Waals surface area contributed by atoms with Gasteiger partial charge in [-0.3, -0.25) is 4.79 Å². The van der Waals surface area contributed by atoms with E-state index in [1.807, 2.05) is 27.7 Å². The summed E-state index contributed by atoms with van der Waals surface area (Å²) in [5.74, 6) is 0.121. The van der Waals surface area contributed by atoms with E-state index in [2.05, 4.69) is 0 Å². The third-order valence-electron chi connectivity index (χ3n) is 1.63. The molecule has 0 aliphatic rings. The topological polar surface area (TPSA) is 52.3 Å². The van der Waals surface area contributed by atoms with Crippen molar-refractivity contribution in [3.05, 3.63) is 0 Å². The first-order chi connectivity index (χ1) is 5.43. The lowest BCUT2D eigenvalue weighted by Crippen LogP contribution is -2.30. The van der Waals surface area contributed by atoms with Crippen molar-refractivity contribution in [1.82, 2.24) is 0 Å². The van der Waals surface area contributed by atoms with Crippen molar-refractivity contribution in [3.63, 3.8) is 0 Å². The summed E-state index contributed by atoms with van der Waals surface area (Å²) in [5.41, 5.74) is 5.69. The van der Waals surface area contributed by atoms with Gasteiger partial charge in [-0.2, -0.15) is 0 Å². The lowest BCUT2D eigenvalue weighted by Gasteiger charge is -2.15. The molecule has 0 spiro atoms. The van der Waals surface area contributed by atoms with Gasteiger partial charge >= 0.3 is 5.97 Å². The van der Waals surface area contributed by atoms with Gasteiger partial charge in [-0.1, -0.05) is 13.8 Å². The van der Waals surface area contributed by atoms with Gasteiger partial charge in [0.1, 0.15) is 0 Å². The van der Waals surface area contributed by atoms with E-state index >= 15 is 0 Å². The third-order valence-corrected chi connectivity index (χ3v) is 1.63. The Balaban J connectivity index is 3.69. The van der Waals surface area contributed by atoms with Gasteiger partial charge in [-0.25, -0.2) is 0 Å². The van der Waals surface area contributed by atoms with Gasteiger partial charge in [0.25, 0.3) is 0 Å². The van der Waals surface area contributed by atoms with Crippen molar-refractivity contribution >= 4 is 5.97 Å². The van der Waals surface area contributed by atoms with Gasteiger partial charge in [0.2, 0.25) is 0 Å². The summed E-state index contributed by atoms with van der Waals surface area (Å²) < 4.78 is 4.95. The maximum atomic E-state index is 11.1. The standard InChI is InChI=1S/C9H19NO2/c1-6(2)8(10)5-9(11)12-7(3)4/h6-8H,5,10H2,1-4H3/t8-/m0/s1. The quantitative estimate of drug-likeness (QED) is 0.652. The molecule has 0 saturated heterocycles. The van der Waals surface area contributed by atoms with Crippen LogP contribution in [0.3, 0.4) is 0 Å². The number of ether oxygens (including phenoxy) is 1. The minimum Gasteiger partial charge on any atom is -0.463 e. The van der Waals surface area contributed by atoms with E-state index in [9.17, 15) is 4.79 Å². The molecule has 12 heavy (non-hydrogen) atoms. The molecule has 3 nitrogen and oxygen atoms in total. The molecule has 0 fully saturated rings. The zero-order valence-corrected chi connectivity index (χ0v) is 8.33. The summed E-state index contributed by atoms with van der Waals surface area (Å²) in [7, 11) is 0. The molecule has 0 aromatic heterocycles. The maximum absolute atomic E-state index is 11.1. The number of nitrogens with two attached hydrogens (primary N) is 1. The molecule has 0 unspecified atom stereocenters. The van der Waals surface area contributed by atoms with Crippen LogP contribution in [0.15, 0.2) is 0 Å². The number of carbonyl (C=O) groups is 1. The summed E-state index contributed by atoms with van der Waals surface area (Å²) in [5, 5.41) is 0. The van der Waals surface area contributed by atoms with E-state index < -0.39 is 0 Å². The van der Waals surface area contributed by atoms with Crippen molar-refractivity contribution < 1.29 is 9.53 Å². The van der Waals surface area contributed by atoms with Crippen molar-refractivity contribution in [3.8, 4) is 0 Å². The molecule has 0 radical (unpaired) electrons. The van der Waals surface area contributed by atoms with E-state index in [0.29, 0.717) is 12.3 Å². The van der Waals surface area contributed by atoms with Crippen LogP contribution >= 0.6 is 0 Å². The number of rotatable bonds is 4. The van der Waals surface area contributed by atoms with Crippen LogP contribution < -0.4 is 5.73 Å².